The lowest BCUT2D eigenvalue weighted by atomic mass is 9.96. The topological polar surface area (TPSA) is 87.0 Å². The number of nitrogens with one attached hydrogen (secondary N) is 2. The Labute approximate surface area is 208 Å². The van der Waals surface area contributed by atoms with Crippen LogP contribution in [0.25, 0.3) is 4.85 Å². The molecule has 2 N–H and O–H groups in total. The summed E-state index contributed by atoms with van der Waals surface area (Å²) < 4.78 is 6.23. The second-order valence-electron chi connectivity index (χ2n) is 10.4. The van der Waals surface area contributed by atoms with Gasteiger partial charge in [-0.1, -0.05) is 26.8 Å². The van der Waals surface area contributed by atoms with Crippen molar-refractivity contribution in [3.8, 4) is 6.01 Å². The summed E-state index contributed by atoms with van der Waals surface area (Å²) in [6.07, 6.45) is 1.82. The van der Waals surface area contributed by atoms with Crippen LogP contribution < -0.4 is 20.3 Å². The molecule has 0 aliphatic carbocycles. The van der Waals surface area contributed by atoms with Crippen LogP contribution in [0, 0.1) is 18.9 Å². The Kier molecular flexibility index (Phi) is 8.18. The van der Waals surface area contributed by atoms with E-state index in [0.29, 0.717) is 35.1 Å². The fraction of sp³-hybridized carbons (Fsp3) is 0.538. The van der Waals surface area contributed by atoms with E-state index >= 15 is 0 Å². The van der Waals surface area contributed by atoms with Crippen molar-refractivity contribution >= 4 is 28.9 Å². The highest BCUT2D eigenvalue weighted by Crippen LogP contribution is 2.38. The first kappa shape index (κ1) is 26.2. The molecular formula is C26H37N7O2. The number of hydrogen-bond donors (Lipinski definition) is 2. The van der Waals surface area contributed by atoms with Gasteiger partial charge in [0.05, 0.1) is 6.57 Å². The van der Waals surface area contributed by atoms with Gasteiger partial charge in [-0.2, -0.15) is 9.97 Å². The number of rotatable bonds is 7. The van der Waals surface area contributed by atoms with Crippen LogP contribution in [0.15, 0.2) is 18.2 Å². The van der Waals surface area contributed by atoms with E-state index in [2.05, 4.69) is 58.2 Å². The number of hydrogen-bond acceptors (Lipinski definition) is 7. The van der Waals surface area contributed by atoms with Crippen LogP contribution in [0.1, 0.15) is 49.5 Å². The lowest BCUT2D eigenvalue weighted by Gasteiger charge is -2.30. The molecule has 1 amide bonds. The number of carbonyl (C=O) groups is 1. The third kappa shape index (κ3) is 6.83. The molecule has 1 fully saturated rings. The molecule has 9 nitrogen and oxygen atoms in total. The predicted molar refractivity (Wildman–Crippen MR) is 140 cm³/mol. The molecule has 0 saturated carbocycles. The van der Waals surface area contributed by atoms with Crippen molar-refractivity contribution in [3.63, 3.8) is 0 Å². The van der Waals surface area contributed by atoms with Crippen molar-refractivity contribution in [1.29, 1.82) is 0 Å². The van der Waals surface area contributed by atoms with E-state index in [4.69, 9.17) is 11.3 Å². The summed E-state index contributed by atoms with van der Waals surface area (Å²) in [6.45, 7) is 18.9. The van der Waals surface area contributed by atoms with Gasteiger partial charge in [-0.25, -0.2) is 4.85 Å². The predicted octanol–water partition coefficient (Wildman–Crippen LogP) is 4.39. The van der Waals surface area contributed by atoms with Crippen molar-refractivity contribution in [2.24, 2.45) is 5.41 Å². The van der Waals surface area contributed by atoms with E-state index in [9.17, 15) is 4.79 Å². The molecule has 0 unspecified atom stereocenters. The number of likely N-dealkylation sites (tertiary alicyclic amines) is 1. The summed E-state index contributed by atoms with van der Waals surface area (Å²) in [4.78, 5) is 29.6. The molecule has 1 saturated heterocycles. The smallest absolute Gasteiger partial charge is 0.318 e. The number of nitrogens with zero attached hydrogens (tertiary/aromatic N) is 5. The van der Waals surface area contributed by atoms with E-state index in [0.717, 1.165) is 31.5 Å². The molecule has 0 spiro atoms. The van der Waals surface area contributed by atoms with E-state index in [1.54, 1.807) is 19.2 Å². The first-order valence-corrected chi connectivity index (χ1v) is 12.0. The van der Waals surface area contributed by atoms with Gasteiger partial charge in [-0.3, -0.25) is 4.79 Å². The monoisotopic (exact) mass is 479 g/mol. The highest BCUT2D eigenvalue weighted by Gasteiger charge is 2.25. The molecule has 0 radical (unpaired) electrons. The molecule has 3 rings (SSSR count). The van der Waals surface area contributed by atoms with Gasteiger partial charge in [0.1, 0.15) is 17.7 Å². The van der Waals surface area contributed by atoms with Crippen LogP contribution in [0.4, 0.5) is 23.0 Å². The third-order valence-electron chi connectivity index (χ3n) is 5.95. The number of carbonyl (C=O) groups excluding carboxylic acids is 1. The molecule has 0 bridgehead atoms. The summed E-state index contributed by atoms with van der Waals surface area (Å²) in [5.74, 6) is 0.708. The van der Waals surface area contributed by atoms with E-state index in [1.165, 1.54) is 0 Å². The molecule has 1 aliphatic heterocycles. The van der Waals surface area contributed by atoms with Gasteiger partial charge < -0.3 is 25.2 Å². The first-order chi connectivity index (χ1) is 16.5. The van der Waals surface area contributed by atoms with Gasteiger partial charge in [0.15, 0.2) is 0 Å². The normalized spacial score (nSPS) is 14.8. The fourth-order valence-electron chi connectivity index (χ4n) is 4.14. The molecule has 1 aliphatic rings. The number of piperidine rings is 1. The van der Waals surface area contributed by atoms with Gasteiger partial charge in [0.2, 0.25) is 0 Å². The Morgan fingerprint density at radius 1 is 1.29 bits per heavy atom. The zero-order valence-electron chi connectivity index (χ0n) is 21.9. The van der Waals surface area contributed by atoms with E-state index in [-0.39, 0.29) is 23.4 Å². The van der Waals surface area contributed by atoms with Gasteiger partial charge in [0, 0.05) is 45.0 Å². The maximum atomic E-state index is 12.2. The molecule has 1 aromatic heterocycles. The minimum atomic E-state index is -0.182. The summed E-state index contributed by atoms with van der Waals surface area (Å²) in [5.41, 5.74) is 2.46. The molecular weight excluding hydrogens is 442 g/mol. The molecule has 1 aromatic carbocycles. The Morgan fingerprint density at radius 3 is 2.57 bits per heavy atom. The average Bonchev–Trinajstić information content (AvgIpc) is 2.80. The van der Waals surface area contributed by atoms with E-state index in [1.807, 2.05) is 24.9 Å². The largest absolute Gasteiger partial charge is 0.460 e. The maximum absolute atomic E-state index is 12.2. The molecule has 2 heterocycles. The second kappa shape index (κ2) is 10.9. The Bertz CT molecular complexity index is 1100. The van der Waals surface area contributed by atoms with Crippen LogP contribution in [0.3, 0.4) is 0 Å². The number of aromatic nitrogens is 2. The van der Waals surface area contributed by atoms with Crippen molar-refractivity contribution in [1.82, 2.24) is 20.2 Å². The molecule has 0 atom stereocenters. The minimum Gasteiger partial charge on any atom is -0.460 e. The third-order valence-corrected chi connectivity index (χ3v) is 5.95. The lowest BCUT2D eigenvalue weighted by Crippen LogP contribution is -2.36. The highest BCUT2D eigenvalue weighted by atomic mass is 16.5. The molecule has 35 heavy (non-hydrogen) atoms. The zero-order chi connectivity index (χ0) is 25.8. The number of aryl methyl sites for hydroxylation is 1. The minimum absolute atomic E-state index is 0.00000223. The van der Waals surface area contributed by atoms with Crippen molar-refractivity contribution in [2.75, 3.05) is 51.0 Å². The molecule has 2 aromatic rings. The van der Waals surface area contributed by atoms with Crippen molar-refractivity contribution in [3.05, 3.63) is 40.7 Å². The summed E-state index contributed by atoms with van der Waals surface area (Å²) in [5, 5.41) is 5.94. The van der Waals surface area contributed by atoms with Gasteiger partial charge in [0.25, 0.3) is 11.6 Å². The second-order valence-corrected chi connectivity index (χ2v) is 10.4. The Balaban J connectivity index is 2.04. The van der Waals surface area contributed by atoms with E-state index < -0.39 is 0 Å². The van der Waals surface area contributed by atoms with Crippen LogP contribution in [0.2, 0.25) is 0 Å². The average molecular weight is 480 g/mol. The van der Waals surface area contributed by atoms with Crippen LogP contribution >= 0.6 is 0 Å². The lowest BCUT2D eigenvalue weighted by molar-refractivity contribution is 0.0963. The van der Waals surface area contributed by atoms with Gasteiger partial charge in [-0.05, 0) is 49.9 Å². The number of anilines is 3. The highest BCUT2D eigenvalue weighted by molar-refractivity contribution is 5.95. The Hall–Kier alpha value is -3.38. The molecule has 188 valence electrons. The summed E-state index contributed by atoms with van der Waals surface area (Å²) in [7, 11) is 5.64. The van der Waals surface area contributed by atoms with Crippen molar-refractivity contribution in [2.45, 2.75) is 46.6 Å². The summed E-state index contributed by atoms with van der Waals surface area (Å²) in [6, 6.07) is 5.66. The molecule has 9 heteroatoms. The maximum Gasteiger partial charge on any atom is 0.318 e. The standard InChI is InChI=1S/C26H37N7O2/c1-17-9-10-18(24(34)28-6)15-20(17)29-22-21(27-5)23(33(8)16-26(2,3)4)31-25(30-22)35-19-11-13-32(7)14-12-19/h9-10,15,19H,11-14,16H2,1-4,6-8H3,(H,28,34)(H,29,30,31). The number of amides is 1. The first-order valence-electron chi connectivity index (χ1n) is 12.0. The van der Waals surface area contributed by atoms with Crippen LogP contribution in [-0.2, 0) is 0 Å². The fourth-order valence-corrected chi connectivity index (χ4v) is 4.14. The van der Waals surface area contributed by atoms with Gasteiger partial charge >= 0.3 is 6.01 Å². The van der Waals surface area contributed by atoms with Crippen LogP contribution in [-0.4, -0.2) is 67.7 Å². The SMILES string of the molecule is [C-]#[N+]c1c(Nc2cc(C(=O)NC)ccc2C)nc(OC2CCN(C)CC2)nc1N(C)CC(C)(C)C. The summed E-state index contributed by atoms with van der Waals surface area (Å²) >= 11 is 0. The van der Waals surface area contributed by atoms with Crippen LogP contribution in [0.5, 0.6) is 6.01 Å². The van der Waals surface area contributed by atoms with Crippen molar-refractivity contribution < 1.29 is 9.53 Å². The Morgan fingerprint density at radius 2 is 1.97 bits per heavy atom. The number of ether oxygens (including phenoxy) is 1. The quantitative estimate of drug-likeness (QED) is 0.570. The van der Waals surface area contributed by atoms with Gasteiger partial charge in [-0.15, -0.1) is 0 Å². The number of benzene rings is 1. The zero-order valence-corrected chi connectivity index (χ0v) is 21.9.